The lowest BCUT2D eigenvalue weighted by molar-refractivity contribution is 0.397. The van der Waals surface area contributed by atoms with Gasteiger partial charge in [-0.25, -0.2) is 14.4 Å². The van der Waals surface area contributed by atoms with Crippen molar-refractivity contribution in [2.24, 2.45) is 0 Å². The lowest BCUT2D eigenvalue weighted by atomic mass is 10.3. The van der Waals surface area contributed by atoms with E-state index in [1.165, 1.54) is 23.5 Å². The highest BCUT2D eigenvalue weighted by atomic mass is 32.1. The Morgan fingerprint density at radius 3 is 3.05 bits per heavy atom. The summed E-state index contributed by atoms with van der Waals surface area (Å²) in [6.45, 7) is 0.612. The van der Waals surface area contributed by atoms with Crippen molar-refractivity contribution in [2.75, 3.05) is 12.4 Å². The molecule has 4 nitrogen and oxygen atoms in total. The van der Waals surface area contributed by atoms with Gasteiger partial charge in [0.05, 0.1) is 17.3 Å². The van der Waals surface area contributed by atoms with Crippen molar-refractivity contribution < 1.29 is 9.13 Å². The molecule has 6 heteroatoms. The number of pyridine rings is 1. The predicted molar refractivity (Wildman–Crippen MR) is 77.7 cm³/mol. The smallest absolute Gasteiger partial charge is 0.213 e. The number of hydrogen-bond acceptors (Lipinski definition) is 5. The van der Waals surface area contributed by atoms with E-state index in [1.54, 1.807) is 19.4 Å². The molecule has 0 bridgehead atoms. The number of anilines is 1. The summed E-state index contributed by atoms with van der Waals surface area (Å²) in [5.41, 5.74) is 1.84. The maximum absolute atomic E-state index is 13.1. The maximum Gasteiger partial charge on any atom is 0.213 e. The Morgan fingerprint density at radius 1 is 1.30 bits per heavy atom. The molecule has 0 aliphatic rings. The van der Waals surface area contributed by atoms with Gasteiger partial charge in [-0.05, 0) is 29.8 Å². The number of nitrogens with zero attached hydrogens (tertiary/aromatic N) is 2. The van der Waals surface area contributed by atoms with Gasteiger partial charge < -0.3 is 10.1 Å². The third kappa shape index (κ3) is 2.70. The number of rotatable bonds is 4. The molecular weight excluding hydrogens is 277 g/mol. The lowest BCUT2D eigenvalue weighted by Crippen LogP contribution is -1.99. The summed E-state index contributed by atoms with van der Waals surface area (Å²) in [5.74, 6) is 0.335. The number of fused-ring (bicyclic) bond motifs is 1. The van der Waals surface area contributed by atoms with E-state index >= 15 is 0 Å². The van der Waals surface area contributed by atoms with Crippen LogP contribution in [0.25, 0.3) is 10.2 Å². The van der Waals surface area contributed by atoms with Gasteiger partial charge in [-0.1, -0.05) is 11.3 Å². The van der Waals surface area contributed by atoms with Crippen LogP contribution in [-0.4, -0.2) is 17.1 Å². The van der Waals surface area contributed by atoms with Crippen LogP contribution in [0.5, 0.6) is 5.88 Å². The molecule has 102 valence electrons. The molecule has 0 atom stereocenters. The van der Waals surface area contributed by atoms with Gasteiger partial charge in [0.25, 0.3) is 0 Å². The monoisotopic (exact) mass is 289 g/mol. The number of hydrogen-bond donors (Lipinski definition) is 1. The van der Waals surface area contributed by atoms with Gasteiger partial charge in [0.2, 0.25) is 5.88 Å². The summed E-state index contributed by atoms with van der Waals surface area (Å²) >= 11 is 1.43. The van der Waals surface area contributed by atoms with Crippen LogP contribution in [0.4, 0.5) is 9.52 Å². The SMILES string of the molecule is COc1cc(CNc2nc3ccc(F)cc3s2)ccn1. The molecule has 1 N–H and O–H groups in total. The van der Waals surface area contributed by atoms with Crippen molar-refractivity contribution in [3.8, 4) is 5.88 Å². The first-order valence-corrected chi connectivity index (χ1v) is 6.85. The summed E-state index contributed by atoms with van der Waals surface area (Å²) < 4.78 is 19.0. The molecule has 0 aliphatic heterocycles. The predicted octanol–water partition coefficient (Wildman–Crippen LogP) is 3.45. The molecule has 2 aromatic heterocycles. The summed E-state index contributed by atoms with van der Waals surface area (Å²) in [5, 5.41) is 3.99. The van der Waals surface area contributed by atoms with E-state index in [9.17, 15) is 4.39 Å². The first-order valence-electron chi connectivity index (χ1n) is 6.03. The zero-order chi connectivity index (χ0) is 13.9. The topological polar surface area (TPSA) is 47.0 Å². The zero-order valence-corrected chi connectivity index (χ0v) is 11.6. The van der Waals surface area contributed by atoms with Crippen LogP contribution in [0.2, 0.25) is 0 Å². The molecule has 0 amide bonds. The first kappa shape index (κ1) is 12.8. The summed E-state index contributed by atoms with van der Waals surface area (Å²) in [6.07, 6.45) is 1.70. The molecule has 0 saturated heterocycles. The molecule has 0 spiro atoms. The minimum atomic E-state index is -0.244. The van der Waals surface area contributed by atoms with E-state index in [0.29, 0.717) is 12.4 Å². The van der Waals surface area contributed by atoms with Gasteiger partial charge in [-0.3, -0.25) is 0 Å². The Morgan fingerprint density at radius 2 is 2.20 bits per heavy atom. The summed E-state index contributed by atoms with van der Waals surface area (Å²) in [4.78, 5) is 8.46. The van der Waals surface area contributed by atoms with Crippen LogP contribution >= 0.6 is 11.3 Å². The van der Waals surface area contributed by atoms with E-state index in [1.807, 2.05) is 12.1 Å². The Labute approximate surface area is 119 Å². The van der Waals surface area contributed by atoms with E-state index < -0.39 is 0 Å². The molecular formula is C14H12FN3OS. The van der Waals surface area contributed by atoms with Gasteiger partial charge in [-0.15, -0.1) is 0 Å². The average molecular weight is 289 g/mol. The van der Waals surface area contributed by atoms with Gasteiger partial charge in [0.1, 0.15) is 5.82 Å². The standard InChI is InChI=1S/C14H12FN3OS/c1-19-13-6-9(4-5-16-13)8-17-14-18-11-3-2-10(15)7-12(11)20-14/h2-7H,8H2,1H3,(H,17,18). The Hall–Kier alpha value is -2.21. The number of methoxy groups -OCH3 is 1. The van der Waals surface area contributed by atoms with E-state index in [0.717, 1.165) is 20.9 Å². The molecule has 0 unspecified atom stereocenters. The third-order valence-electron chi connectivity index (χ3n) is 2.80. The number of halogens is 1. The van der Waals surface area contributed by atoms with Crippen molar-refractivity contribution >= 4 is 26.7 Å². The second kappa shape index (κ2) is 5.42. The largest absolute Gasteiger partial charge is 0.481 e. The molecule has 0 saturated carbocycles. The Bertz CT molecular complexity index is 744. The number of aromatic nitrogens is 2. The number of thiazole rings is 1. The minimum Gasteiger partial charge on any atom is -0.481 e. The first-order chi connectivity index (χ1) is 9.74. The van der Waals surface area contributed by atoms with Crippen LogP contribution in [0, 0.1) is 5.82 Å². The van der Waals surface area contributed by atoms with Crippen molar-refractivity contribution in [3.63, 3.8) is 0 Å². The van der Waals surface area contributed by atoms with Gasteiger partial charge in [0, 0.05) is 18.8 Å². The fourth-order valence-corrected chi connectivity index (χ4v) is 2.71. The normalized spacial score (nSPS) is 10.7. The fourth-order valence-electron chi connectivity index (χ4n) is 1.82. The van der Waals surface area contributed by atoms with Crippen molar-refractivity contribution in [1.82, 2.24) is 9.97 Å². The number of ether oxygens (including phenoxy) is 1. The van der Waals surface area contributed by atoms with Crippen LogP contribution < -0.4 is 10.1 Å². The van der Waals surface area contributed by atoms with Crippen LogP contribution in [0.1, 0.15) is 5.56 Å². The molecule has 1 aromatic carbocycles. The fraction of sp³-hybridized carbons (Fsp3) is 0.143. The number of nitrogens with one attached hydrogen (secondary N) is 1. The van der Waals surface area contributed by atoms with Crippen molar-refractivity contribution in [1.29, 1.82) is 0 Å². The van der Waals surface area contributed by atoms with Crippen LogP contribution in [0.3, 0.4) is 0 Å². The molecule has 3 aromatic rings. The zero-order valence-electron chi connectivity index (χ0n) is 10.8. The third-order valence-corrected chi connectivity index (χ3v) is 3.78. The highest BCUT2D eigenvalue weighted by Crippen LogP contribution is 2.26. The molecule has 0 aliphatic carbocycles. The highest BCUT2D eigenvalue weighted by molar-refractivity contribution is 7.22. The van der Waals surface area contributed by atoms with E-state index in [-0.39, 0.29) is 5.82 Å². The highest BCUT2D eigenvalue weighted by Gasteiger charge is 2.05. The van der Waals surface area contributed by atoms with Crippen molar-refractivity contribution in [2.45, 2.75) is 6.54 Å². The summed E-state index contributed by atoms with van der Waals surface area (Å²) in [6, 6.07) is 8.36. The van der Waals surface area contributed by atoms with Gasteiger partial charge >= 0.3 is 0 Å². The second-order valence-corrected chi connectivity index (χ2v) is 5.22. The average Bonchev–Trinajstić information content (AvgIpc) is 2.87. The van der Waals surface area contributed by atoms with E-state index in [4.69, 9.17) is 4.74 Å². The summed E-state index contributed by atoms with van der Waals surface area (Å²) in [7, 11) is 1.58. The molecule has 2 heterocycles. The molecule has 0 fully saturated rings. The van der Waals surface area contributed by atoms with Gasteiger partial charge in [0.15, 0.2) is 5.13 Å². The van der Waals surface area contributed by atoms with E-state index in [2.05, 4.69) is 15.3 Å². The Balaban J connectivity index is 1.76. The van der Waals surface area contributed by atoms with Crippen molar-refractivity contribution in [3.05, 3.63) is 47.9 Å². The van der Waals surface area contributed by atoms with Crippen LogP contribution in [-0.2, 0) is 6.54 Å². The lowest BCUT2D eigenvalue weighted by Gasteiger charge is -2.04. The molecule has 20 heavy (non-hydrogen) atoms. The Kier molecular flexibility index (Phi) is 3.47. The van der Waals surface area contributed by atoms with Gasteiger partial charge in [-0.2, -0.15) is 0 Å². The maximum atomic E-state index is 13.1. The second-order valence-electron chi connectivity index (χ2n) is 4.19. The molecule has 3 rings (SSSR count). The molecule has 0 radical (unpaired) electrons. The number of benzene rings is 1. The quantitative estimate of drug-likeness (QED) is 0.799. The minimum absolute atomic E-state index is 0.244. The van der Waals surface area contributed by atoms with Crippen LogP contribution in [0.15, 0.2) is 36.5 Å².